The molecule has 20 heavy (non-hydrogen) atoms. The topological polar surface area (TPSA) is 72.2 Å². The highest BCUT2D eigenvalue weighted by atomic mass is 16.5. The average molecular weight is 268 g/mol. The van der Waals surface area contributed by atoms with E-state index in [2.05, 4.69) is 4.98 Å². The van der Waals surface area contributed by atoms with Gasteiger partial charge in [-0.1, -0.05) is 0 Å². The van der Waals surface area contributed by atoms with E-state index in [1.165, 1.54) is 6.20 Å². The predicted molar refractivity (Wildman–Crippen MR) is 71.4 cm³/mol. The van der Waals surface area contributed by atoms with Crippen LogP contribution in [0.3, 0.4) is 0 Å². The zero-order valence-electron chi connectivity index (χ0n) is 10.9. The SMILES string of the molecule is CCOC(=O)c1ccc(Oc2ccc(C#N)cc2)nc1. The molecule has 0 aliphatic carbocycles. The summed E-state index contributed by atoms with van der Waals surface area (Å²) in [6.45, 7) is 2.07. The van der Waals surface area contributed by atoms with E-state index >= 15 is 0 Å². The van der Waals surface area contributed by atoms with Crippen molar-refractivity contribution in [2.24, 2.45) is 0 Å². The Morgan fingerprint density at radius 1 is 1.25 bits per heavy atom. The summed E-state index contributed by atoms with van der Waals surface area (Å²) < 4.78 is 10.4. The molecule has 2 aromatic rings. The van der Waals surface area contributed by atoms with Crippen LogP contribution in [0.1, 0.15) is 22.8 Å². The normalized spacial score (nSPS) is 9.60. The molecule has 1 heterocycles. The smallest absolute Gasteiger partial charge is 0.339 e. The first-order valence-electron chi connectivity index (χ1n) is 6.04. The number of carbonyl (C=O) groups is 1. The highest BCUT2D eigenvalue weighted by Crippen LogP contribution is 2.19. The minimum atomic E-state index is -0.412. The zero-order valence-corrected chi connectivity index (χ0v) is 10.9. The third kappa shape index (κ3) is 3.33. The van der Waals surface area contributed by atoms with Crippen LogP contribution in [0.25, 0.3) is 0 Å². The molecule has 0 radical (unpaired) electrons. The summed E-state index contributed by atoms with van der Waals surface area (Å²) in [4.78, 5) is 15.5. The van der Waals surface area contributed by atoms with Crippen LogP contribution < -0.4 is 4.74 Å². The molecule has 0 aliphatic rings. The largest absolute Gasteiger partial charge is 0.462 e. The molecule has 5 nitrogen and oxygen atoms in total. The first kappa shape index (κ1) is 13.6. The number of hydrogen-bond donors (Lipinski definition) is 0. The minimum absolute atomic E-state index is 0.322. The number of pyridine rings is 1. The van der Waals surface area contributed by atoms with Crippen molar-refractivity contribution in [3.8, 4) is 17.7 Å². The summed E-state index contributed by atoms with van der Waals surface area (Å²) in [7, 11) is 0. The molecule has 5 heteroatoms. The first-order valence-corrected chi connectivity index (χ1v) is 6.04. The van der Waals surface area contributed by atoms with Gasteiger partial charge in [0.25, 0.3) is 0 Å². The number of carbonyl (C=O) groups excluding carboxylic acids is 1. The first-order chi connectivity index (χ1) is 9.72. The molecule has 1 aromatic heterocycles. The summed E-state index contributed by atoms with van der Waals surface area (Å²) in [5.41, 5.74) is 0.932. The Morgan fingerprint density at radius 2 is 2.00 bits per heavy atom. The van der Waals surface area contributed by atoms with Gasteiger partial charge in [-0.25, -0.2) is 9.78 Å². The molecule has 0 bridgehead atoms. The van der Waals surface area contributed by atoms with Gasteiger partial charge in [-0.05, 0) is 37.3 Å². The van der Waals surface area contributed by atoms with Crippen LogP contribution in [0.15, 0.2) is 42.6 Å². The monoisotopic (exact) mass is 268 g/mol. The number of rotatable bonds is 4. The van der Waals surface area contributed by atoms with Crippen molar-refractivity contribution in [2.75, 3.05) is 6.61 Å². The molecule has 100 valence electrons. The van der Waals surface area contributed by atoms with Gasteiger partial charge >= 0.3 is 5.97 Å². The maximum absolute atomic E-state index is 11.5. The van der Waals surface area contributed by atoms with E-state index < -0.39 is 5.97 Å². The van der Waals surface area contributed by atoms with Gasteiger partial charge in [-0.2, -0.15) is 5.26 Å². The highest BCUT2D eigenvalue weighted by Gasteiger charge is 2.07. The quantitative estimate of drug-likeness (QED) is 0.797. The third-order valence-corrected chi connectivity index (χ3v) is 2.45. The number of benzene rings is 1. The van der Waals surface area contributed by atoms with E-state index in [0.29, 0.717) is 29.4 Å². The van der Waals surface area contributed by atoms with Gasteiger partial charge < -0.3 is 9.47 Å². The lowest BCUT2D eigenvalue weighted by Gasteiger charge is -2.05. The fourth-order valence-corrected chi connectivity index (χ4v) is 1.49. The molecule has 0 fully saturated rings. The van der Waals surface area contributed by atoms with Crippen molar-refractivity contribution in [3.63, 3.8) is 0 Å². The van der Waals surface area contributed by atoms with Gasteiger partial charge in [0.05, 0.1) is 23.8 Å². The van der Waals surface area contributed by atoms with E-state index in [-0.39, 0.29) is 0 Å². The van der Waals surface area contributed by atoms with Crippen molar-refractivity contribution in [2.45, 2.75) is 6.92 Å². The van der Waals surface area contributed by atoms with Crippen molar-refractivity contribution < 1.29 is 14.3 Å². The molecular weight excluding hydrogens is 256 g/mol. The van der Waals surface area contributed by atoms with Crippen molar-refractivity contribution in [1.29, 1.82) is 5.26 Å². The number of esters is 1. The Hall–Kier alpha value is -2.87. The number of hydrogen-bond acceptors (Lipinski definition) is 5. The van der Waals surface area contributed by atoms with Gasteiger partial charge in [-0.3, -0.25) is 0 Å². The van der Waals surface area contributed by atoms with Crippen LogP contribution in [0.2, 0.25) is 0 Å². The summed E-state index contributed by atoms with van der Waals surface area (Å²) in [6.07, 6.45) is 1.40. The number of aromatic nitrogens is 1. The Kier molecular flexibility index (Phi) is 4.30. The predicted octanol–water partition coefficient (Wildman–Crippen LogP) is 2.92. The molecule has 1 aromatic carbocycles. The van der Waals surface area contributed by atoms with Gasteiger partial charge in [0.15, 0.2) is 0 Å². The summed E-state index contributed by atoms with van der Waals surface area (Å²) in [6, 6.07) is 11.9. The lowest BCUT2D eigenvalue weighted by Crippen LogP contribution is -2.04. The lowest BCUT2D eigenvalue weighted by atomic mass is 10.2. The van der Waals surface area contributed by atoms with E-state index in [1.54, 1.807) is 43.3 Å². The second-order valence-electron chi connectivity index (χ2n) is 3.84. The second-order valence-corrected chi connectivity index (χ2v) is 3.84. The molecule has 0 amide bonds. The van der Waals surface area contributed by atoms with Crippen LogP contribution in [-0.4, -0.2) is 17.6 Å². The maximum atomic E-state index is 11.5. The van der Waals surface area contributed by atoms with Crippen LogP contribution in [0.4, 0.5) is 0 Å². The third-order valence-electron chi connectivity index (χ3n) is 2.45. The summed E-state index contributed by atoms with van der Waals surface area (Å²) in [5.74, 6) is 0.521. The van der Waals surface area contributed by atoms with Crippen LogP contribution in [0, 0.1) is 11.3 Å². The number of nitrogens with zero attached hydrogens (tertiary/aromatic N) is 2. The minimum Gasteiger partial charge on any atom is -0.462 e. The molecular formula is C15H12N2O3. The van der Waals surface area contributed by atoms with Crippen molar-refractivity contribution >= 4 is 5.97 Å². The molecule has 0 spiro atoms. The molecule has 0 atom stereocenters. The van der Waals surface area contributed by atoms with Crippen LogP contribution in [-0.2, 0) is 4.74 Å². The molecule has 0 unspecified atom stereocenters. The molecule has 0 aliphatic heterocycles. The standard InChI is InChI=1S/C15H12N2O3/c1-2-19-15(18)12-5-8-14(17-10-12)20-13-6-3-11(9-16)4-7-13/h3-8,10H,2H2,1H3. The average Bonchev–Trinajstić information content (AvgIpc) is 2.49. The van der Waals surface area contributed by atoms with E-state index in [4.69, 9.17) is 14.7 Å². The number of nitriles is 1. The van der Waals surface area contributed by atoms with Crippen LogP contribution >= 0.6 is 0 Å². The molecule has 0 N–H and O–H groups in total. The summed E-state index contributed by atoms with van der Waals surface area (Å²) >= 11 is 0. The van der Waals surface area contributed by atoms with Gasteiger partial charge in [0.1, 0.15) is 5.75 Å². The molecule has 0 saturated heterocycles. The van der Waals surface area contributed by atoms with Crippen molar-refractivity contribution in [1.82, 2.24) is 4.98 Å². The Balaban J connectivity index is 2.06. The fourth-order valence-electron chi connectivity index (χ4n) is 1.49. The van der Waals surface area contributed by atoms with Gasteiger partial charge in [0.2, 0.25) is 5.88 Å². The lowest BCUT2D eigenvalue weighted by molar-refractivity contribution is 0.0526. The Bertz CT molecular complexity index is 628. The van der Waals surface area contributed by atoms with Crippen molar-refractivity contribution in [3.05, 3.63) is 53.7 Å². The van der Waals surface area contributed by atoms with Gasteiger partial charge in [0, 0.05) is 12.3 Å². The highest BCUT2D eigenvalue weighted by molar-refractivity contribution is 5.89. The van der Waals surface area contributed by atoms with Gasteiger partial charge in [-0.15, -0.1) is 0 Å². The van der Waals surface area contributed by atoms with E-state index in [1.807, 2.05) is 6.07 Å². The van der Waals surface area contributed by atoms with Crippen LogP contribution in [0.5, 0.6) is 11.6 Å². The van der Waals surface area contributed by atoms with E-state index in [0.717, 1.165) is 0 Å². The maximum Gasteiger partial charge on any atom is 0.339 e. The molecule has 0 saturated carbocycles. The fraction of sp³-hybridized carbons (Fsp3) is 0.133. The van der Waals surface area contributed by atoms with E-state index in [9.17, 15) is 4.79 Å². The Morgan fingerprint density at radius 3 is 2.55 bits per heavy atom. The summed E-state index contributed by atoms with van der Waals surface area (Å²) in [5, 5.41) is 8.70. The zero-order chi connectivity index (χ0) is 14.4. The Labute approximate surface area is 116 Å². The number of ether oxygens (including phenoxy) is 2. The molecule has 2 rings (SSSR count). The second kappa shape index (κ2) is 6.34.